The van der Waals surface area contributed by atoms with Gasteiger partial charge in [0.05, 0.1) is 5.25 Å². The molecule has 0 rings (SSSR count). The third kappa shape index (κ3) is 5.69. The fourth-order valence-electron chi connectivity index (χ4n) is 0.714. The highest BCUT2D eigenvalue weighted by atomic mass is 32.2. The molecule has 0 aliphatic heterocycles. The quantitative estimate of drug-likeness (QED) is 0.269. The Hall–Kier alpha value is -0.910. The number of amidine groups is 1. The van der Waals surface area contributed by atoms with E-state index in [2.05, 4.69) is 10.4 Å². The van der Waals surface area contributed by atoms with Crippen LogP contribution in [0.1, 0.15) is 20.8 Å². The summed E-state index contributed by atoms with van der Waals surface area (Å²) in [6.07, 6.45) is 0. The van der Waals surface area contributed by atoms with Crippen molar-refractivity contribution in [2.75, 3.05) is 6.54 Å². The third-order valence-electron chi connectivity index (χ3n) is 1.48. The van der Waals surface area contributed by atoms with E-state index in [0.29, 0.717) is 12.5 Å². The number of hydrogen-bond donors (Lipinski definition) is 3. The number of hydrazone groups is 1. The maximum absolute atomic E-state index is 11.4. The van der Waals surface area contributed by atoms with Crippen LogP contribution in [0.2, 0.25) is 0 Å². The molecule has 14 heavy (non-hydrogen) atoms. The summed E-state index contributed by atoms with van der Waals surface area (Å²) in [4.78, 5) is 11.4. The first kappa shape index (κ1) is 13.1. The molecule has 82 valence electrons. The number of hydrogen-bond acceptors (Lipinski definition) is 4. The summed E-state index contributed by atoms with van der Waals surface area (Å²) >= 11 is 1.15. The van der Waals surface area contributed by atoms with E-state index < -0.39 is 0 Å². The second kappa shape index (κ2) is 6.53. The van der Waals surface area contributed by atoms with Gasteiger partial charge in [-0.3, -0.25) is 4.79 Å². The molecular weight excluding hydrogens is 200 g/mol. The van der Waals surface area contributed by atoms with Gasteiger partial charge in [-0.1, -0.05) is 25.6 Å². The number of nitrogens with two attached hydrogens (primary N) is 2. The van der Waals surface area contributed by atoms with Crippen molar-refractivity contribution in [3.8, 4) is 0 Å². The molecule has 1 unspecified atom stereocenters. The number of carbonyl (C=O) groups excluding carboxylic acids is 1. The first-order valence-corrected chi connectivity index (χ1v) is 5.33. The third-order valence-corrected chi connectivity index (χ3v) is 2.39. The Labute approximate surface area is 88.7 Å². The molecule has 6 heteroatoms. The zero-order valence-electron chi connectivity index (χ0n) is 8.78. The van der Waals surface area contributed by atoms with Gasteiger partial charge in [-0.05, 0) is 12.8 Å². The van der Waals surface area contributed by atoms with Crippen LogP contribution in [0.3, 0.4) is 0 Å². The van der Waals surface area contributed by atoms with Gasteiger partial charge in [0, 0.05) is 6.54 Å². The van der Waals surface area contributed by atoms with Crippen molar-refractivity contribution in [2.24, 2.45) is 22.6 Å². The summed E-state index contributed by atoms with van der Waals surface area (Å²) < 4.78 is 0. The number of amides is 1. The molecule has 0 fully saturated rings. The zero-order chi connectivity index (χ0) is 11.1. The SMILES string of the molecule is CC(C)CNC(=O)C(C)SC(N)=NN. The maximum Gasteiger partial charge on any atom is 0.233 e. The summed E-state index contributed by atoms with van der Waals surface area (Å²) in [5.41, 5.74) is 5.38. The van der Waals surface area contributed by atoms with Gasteiger partial charge in [0.15, 0.2) is 5.17 Å². The molecule has 0 aliphatic carbocycles. The van der Waals surface area contributed by atoms with Crippen LogP contribution in [-0.2, 0) is 4.79 Å². The minimum atomic E-state index is -0.263. The zero-order valence-corrected chi connectivity index (χ0v) is 9.60. The van der Waals surface area contributed by atoms with E-state index in [1.807, 2.05) is 13.8 Å². The van der Waals surface area contributed by atoms with Crippen LogP contribution in [-0.4, -0.2) is 22.9 Å². The second-order valence-corrected chi connectivity index (χ2v) is 4.73. The summed E-state index contributed by atoms with van der Waals surface area (Å²) in [6.45, 7) is 6.50. The van der Waals surface area contributed by atoms with E-state index >= 15 is 0 Å². The van der Waals surface area contributed by atoms with Crippen LogP contribution in [0.4, 0.5) is 0 Å². The number of thioether (sulfide) groups is 1. The monoisotopic (exact) mass is 218 g/mol. The normalized spacial score (nSPS) is 14.1. The lowest BCUT2D eigenvalue weighted by Crippen LogP contribution is -2.34. The van der Waals surface area contributed by atoms with Crippen LogP contribution in [0.15, 0.2) is 5.10 Å². The maximum atomic E-state index is 11.4. The number of nitrogens with zero attached hydrogens (tertiary/aromatic N) is 1. The molecule has 1 atom stereocenters. The van der Waals surface area contributed by atoms with Crippen LogP contribution < -0.4 is 16.9 Å². The summed E-state index contributed by atoms with van der Waals surface area (Å²) in [5, 5.41) is 6.04. The molecule has 0 aromatic rings. The molecule has 0 bridgehead atoms. The lowest BCUT2D eigenvalue weighted by atomic mass is 10.2. The topological polar surface area (TPSA) is 93.5 Å². The number of nitrogens with one attached hydrogen (secondary N) is 1. The highest BCUT2D eigenvalue weighted by Crippen LogP contribution is 2.09. The molecule has 5 nitrogen and oxygen atoms in total. The van der Waals surface area contributed by atoms with Crippen LogP contribution in [0.5, 0.6) is 0 Å². The van der Waals surface area contributed by atoms with Crippen molar-refractivity contribution in [1.29, 1.82) is 0 Å². The summed E-state index contributed by atoms with van der Waals surface area (Å²) in [6, 6.07) is 0. The Morgan fingerprint density at radius 2 is 2.07 bits per heavy atom. The van der Waals surface area contributed by atoms with Crippen molar-refractivity contribution >= 4 is 22.8 Å². The van der Waals surface area contributed by atoms with Gasteiger partial charge < -0.3 is 16.9 Å². The van der Waals surface area contributed by atoms with Crippen molar-refractivity contribution in [2.45, 2.75) is 26.0 Å². The highest BCUT2D eigenvalue weighted by molar-refractivity contribution is 8.14. The Kier molecular flexibility index (Phi) is 6.11. The minimum absolute atomic E-state index is 0.0460. The number of rotatable bonds is 4. The molecule has 0 heterocycles. The van der Waals surface area contributed by atoms with Crippen molar-refractivity contribution in [3.05, 3.63) is 0 Å². The van der Waals surface area contributed by atoms with Gasteiger partial charge in [-0.15, -0.1) is 0 Å². The molecule has 1 amide bonds. The fourth-order valence-corrected chi connectivity index (χ4v) is 1.33. The standard InChI is InChI=1S/C8H18N4OS/c1-5(2)4-11-7(13)6(3)14-8(9)12-10/h5-6H,4,10H2,1-3H3,(H2,9,12)(H,11,13). The van der Waals surface area contributed by atoms with Crippen LogP contribution >= 0.6 is 11.8 Å². The van der Waals surface area contributed by atoms with Crippen LogP contribution in [0, 0.1) is 5.92 Å². The Morgan fingerprint density at radius 1 is 1.50 bits per heavy atom. The molecule has 0 aromatic heterocycles. The van der Waals surface area contributed by atoms with E-state index in [4.69, 9.17) is 11.6 Å². The average molecular weight is 218 g/mol. The van der Waals surface area contributed by atoms with Gasteiger partial charge in [-0.2, -0.15) is 5.10 Å². The van der Waals surface area contributed by atoms with Gasteiger partial charge in [-0.25, -0.2) is 0 Å². The Bertz CT molecular complexity index is 217. The predicted octanol–water partition coefficient (Wildman–Crippen LogP) is 0.0687. The molecule has 0 spiro atoms. The predicted molar refractivity (Wildman–Crippen MR) is 60.7 cm³/mol. The smallest absolute Gasteiger partial charge is 0.233 e. The lowest BCUT2D eigenvalue weighted by molar-refractivity contribution is -0.120. The van der Waals surface area contributed by atoms with Gasteiger partial charge in [0.1, 0.15) is 0 Å². The molecular formula is C8H18N4OS. The van der Waals surface area contributed by atoms with Gasteiger partial charge >= 0.3 is 0 Å². The molecule has 0 radical (unpaired) electrons. The van der Waals surface area contributed by atoms with E-state index in [-0.39, 0.29) is 16.3 Å². The van der Waals surface area contributed by atoms with Crippen molar-refractivity contribution in [3.63, 3.8) is 0 Å². The molecule has 0 aromatic carbocycles. The van der Waals surface area contributed by atoms with Crippen molar-refractivity contribution in [1.82, 2.24) is 5.32 Å². The Morgan fingerprint density at radius 3 is 2.50 bits per heavy atom. The summed E-state index contributed by atoms with van der Waals surface area (Å²) in [7, 11) is 0. The molecule has 5 N–H and O–H groups in total. The first-order valence-electron chi connectivity index (χ1n) is 4.45. The largest absolute Gasteiger partial charge is 0.377 e. The average Bonchev–Trinajstić information content (AvgIpc) is 2.13. The van der Waals surface area contributed by atoms with E-state index in [0.717, 1.165) is 11.8 Å². The first-order chi connectivity index (χ1) is 6.47. The molecule has 0 saturated heterocycles. The summed E-state index contributed by atoms with van der Waals surface area (Å²) in [5.74, 6) is 5.35. The van der Waals surface area contributed by atoms with Gasteiger partial charge in [0.25, 0.3) is 0 Å². The van der Waals surface area contributed by atoms with Crippen molar-refractivity contribution < 1.29 is 4.79 Å². The van der Waals surface area contributed by atoms with E-state index in [9.17, 15) is 4.79 Å². The van der Waals surface area contributed by atoms with E-state index in [1.165, 1.54) is 0 Å². The van der Waals surface area contributed by atoms with E-state index in [1.54, 1.807) is 6.92 Å². The molecule has 0 aliphatic rings. The molecule has 0 saturated carbocycles. The van der Waals surface area contributed by atoms with Gasteiger partial charge in [0.2, 0.25) is 5.91 Å². The second-order valence-electron chi connectivity index (χ2n) is 3.37. The minimum Gasteiger partial charge on any atom is -0.377 e. The highest BCUT2D eigenvalue weighted by Gasteiger charge is 2.14. The Balaban J connectivity index is 3.88. The fraction of sp³-hybridized carbons (Fsp3) is 0.750. The number of carbonyl (C=O) groups is 1. The van der Waals surface area contributed by atoms with Crippen LogP contribution in [0.25, 0.3) is 0 Å². The lowest BCUT2D eigenvalue weighted by Gasteiger charge is -2.12.